The van der Waals surface area contributed by atoms with Gasteiger partial charge in [0.15, 0.2) is 0 Å². The molecular formula is C15H20N2. The Balaban J connectivity index is 2.23. The predicted octanol–water partition coefficient (Wildman–Crippen LogP) is 3.33. The Kier molecular flexibility index (Phi) is 2.67. The van der Waals surface area contributed by atoms with Gasteiger partial charge in [0.05, 0.1) is 0 Å². The lowest BCUT2D eigenvalue weighted by molar-refractivity contribution is 0.497. The minimum Gasteiger partial charge on any atom is -0.358 e. The molecule has 2 heteroatoms. The lowest BCUT2D eigenvalue weighted by Crippen LogP contribution is -2.20. The minimum atomic E-state index is 0.527. The number of hydrogen-bond acceptors (Lipinski definition) is 1. The fourth-order valence-electron chi connectivity index (χ4n) is 3.05. The molecule has 2 aromatic rings. The number of benzene rings is 1. The topological polar surface area (TPSA) is 27.8 Å². The molecule has 0 fully saturated rings. The third-order valence-corrected chi connectivity index (χ3v) is 4.01. The Hall–Kier alpha value is -1.28. The molecule has 1 aliphatic carbocycles. The summed E-state index contributed by atoms with van der Waals surface area (Å²) in [7, 11) is 2.07. The molecule has 1 aromatic heterocycles. The molecule has 0 saturated carbocycles. The summed E-state index contributed by atoms with van der Waals surface area (Å²) in [5, 5.41) is 4.88. The average Bonchev–Trinajstić information content (AvgIpc) is 2.75. The number of nitrogens with one attached hydrogen (secondary N) is 2. The van der Waals surface area contributed by atoms with Crippen molar-refractivity contribution in [3.05, 3.63) is 35.0 Å². The molecule has 0 amide bonds. The van der Waals surface area contributed by atoms with Gasteiger partial charge in [-0.15, -0.1) is 0 Å². The van der Waals surface area contributed by atoms with E-state index in [0.29, 0.717) is 6.04 Å². The zero-order valence-corrected chi connectivity index (χ0v) is 10.6. The standard InChI is InChI=1S/C15H20N2/c1-3-10-7-8-12-11(9-10)15-13(16-2)5-4-6-14(15)17-12/h7-9,13,16-17H,3-6H2,1-2H3. The summed E-state index contributed by atoms with van der Waals surface area (Å²) in [6.07, 6.45) is 4.85. The number of hydrogen-bond donors (Lipinski definition) is 2. The Morgan fingerprint density at radius 2 is 2.29 bits per heavy atom. The summed E-state index contributed by atoms with van der Waals surface area (Å²) in [4.78, 5) is 3.59. The highest BCUT2D eigenvalue weighted by Gasteiger charge is 2.23. The van der Waals surface area contributed by atoms with Crippen LogP contribution in [-0.2, 0) is 12.8 Å². The molecule has 2 N–H and O–H groups in total. The van der Waals surface area contributed by atoms with E-state index in [4.69, 9.17) is 0 Å². The Labute approximate surface area is 102 Å². The number of aromatic amines is 1. The normalized spacial score (nSPS) is 19.5. The van der Waals surface area contributed by atoms with Crippen LogP contribution in [0.3, 0.4) is 0 Å². The summed E-state index contributed by atoms with van der Waals surface area (Å²) in [5.41, 5.74) is 5.69. The van der Waals surface area contributed by atoms with E-state index in [-0.39, 0.29) is 0 Å². The van der Waals surface area contributed by atoms with E-state index >= 15 is 0 Å². The van der Waals surface area contributed by atoms with Crippen LogP contribution in [0.1, 0.15) is 42.6 Å². The highest BCUT2D eigenvalue weighted by atomic mass is 14.9. The van der Waals surface area contributed by atoms with Gasteiger partial charge in [0, 0.05) is 22.6 Å². The zero-order chi connectivity index (χ0) is 11.8. The second-order valence-electron chi connectivity index (χ2n) is 4.98. The molecule has 1 aliphatic rings. The van der Waals surface area contributed by atoms with E-state index in [1.165, 1.54) is 47.0 Å². The van der Waals surface area contributed by atoms with Gasteiger partial charge in [0.2, 0.25) is 0 Å². The largest absolute Gasteiger partial charge is 0.358 e. The van der Waals surface area contributed by atoms with Crippen molar-refractivity contribution in [1.82, 2.24) is 10.3 Å². The van der Waals surface area contributed by atoms with Gasteiger partial charge in [0.25, 0.3) is 0 Å². The molecule has 1 aromatic carbocycles. The SMILES string of the molecule is CCc1ccc2[nH]c3c(c2c1)C(NC)CCC3. The van der Waals surface area contributed by atoms with Crippen LogP contribution in [-0.4, -0.2) is 12.0 Å². The van der Waals surface area contributed by atoms with Gasteiger partial charge in [-0.3, -0.25) is 0 Å². The maximum Gasteiger partial charge on any atom is 0.0459 e. The Morgan fingerprint density at radius 3 is 3.06 bits per heavy atom. The van der Waals surface area contributed by atoms with Crippen LogP contribution >= 0.6 is 0 Å². The van der Waals surface area contributed by atoms with Crippen molar-refractivity contribution in [2.45, 2.75) is 38.6 Å². The van der Waals surface area contributed by atoms with Crippen molar-refractivity contribution in [3.8, 4) is 0 Å². The van der Waals surface area contributed by atoms with Crippen LogP contribution in [0, 0.1) is 0 Å². The van der Waals surface area contributed by atoms with Gasteiger partial charge in [-0.2, -0.15) is 0 Å². The molecule has 2 nitrogen and oxygen atoms in total. The van der Waals surface area contributed by atoms with Gasteiger partial charge in [0.1, 0.15) is 0 Å². The quantitative estimate of drug-likeness (QED) is 0.810. The maximum atomic E-state index is 3.59. The van der Waals surface area contributed by atoms with Crippen molar-refractivity contribution >= 4 is 10.9 Å². The molecule has 0 spiro atoms. The number of aromatic nitrogens is 1. The molecule has 17 heavy (non-hydrogen) atoms. The second-order valence-corrected chi connectivity index (χ2v) is 4.98. The van der Waals surface area contributed by atoms with Crippen LogP contribution in [0.2, 0.25) is 0 Å². The van der Waals surface area contributed by atoms with Gasteiger partial charge in [-0.1, -0.05) is 13.0 Å². The van der Waals surface area contributed by atoms with Crippen molar-refractivity contribution in [3.63, 3.8) is 0 Å². The van der Waals surface area contributed by atoms with Crippen LogP contribution in [0.5, 0.6) is 0 Å². The van der Waals surface area contributed by atoms with Gasteiger partial charge in [-0.25, -0.2) is 0 Å². The molecule has 1 heterocycles. The number of H-pyrrole nitrogens is 1. The molecule has 90 valence electrons. The van der Waals surface area contributed by atoms with Crippen LogP contribution < -0.4 is 5.32 Å². The highest BCUT2D eigenvalue weighted by Crippen LogP contribution is 2.35. The van der Waals surface area contributed by atoms with E-state index in [1.54, 1.807) is 0 Å². The van der Waals surface area contributed by atoms with Crippen LogP contribution in [0.15, 0.2) is 18.2 Å². The molecular weight excluding hydrogens is 208 g/mol. The molecule has 0 radical (unpaired) electrons. The summed E-state index contributed by atoms with van der Waals surface area (Å²) in [5.74, 6) is 0. The van der Waals surface area contributed by atoms with Crippen molar-refractivity contribution < 1.29 is 0 Å². The van der Waals surface area contributed by atoms with E-state index < -0.39 is 0 Å². The second kappa shape index (κ2) is 4.19. The van der Waals surface area contributed by atoms with Crippen molar-refractivity contribution in [1.29, 1.82) is 0 Å². The molecule has 1 atom stereocenters. The summed E-state index contributed by atoms with van der Waals surface area (Å²) >= 11 is 0. The fraction of sp³-hybridized carbons (Fsp3) is 0.467. The fourth-order valence-corrected chi connectivity index (χ4v) is 3.05. The van der Waals surface area contributed by atoms with Crippen LogP contribution in [0.25, 0.3) is 10.9 Å². The summed E-state index contributed by atoms with van der Waals surface area (Å²) in [6, 6.07) is 7.36. The Bertz CT molecular complexity index is 539. The molecule has 0 bridgehead atoms. The third kappa shape index (κ3) is 1.67. The monoisotopic (exact) mass is 228 g/mol. The molecule has 0 saturated heterocycles. The lowest BCUT2D eigenvalue weighted by Gasteiger charge is -2.22. The molecule has 0 aliphatic heterocycles. The van der Waals surface area contributed by atoms with Crippen molar-refractivity contribution in [2.75, 3.05) is 7.05 Å². The summed E-state index contributed by atoms with van der Waals surface area (Å²) < 4.78 is 0. The van der Waals surface area contributed by atoms with E-state index in [9.17, 15) is 0 Å². The minimum absolute atomic E-state index is 0.527. The average molecular weight is 228 g/mol. The van der Waals surface area contributed by atoms with E-state index in [0.717, 1.165) is 6.42 Å². The predicted molar refractivity (Wildman–Crippen MR) is 72.4 cm³/mol. The molecule has 1 unspecified atom stereocenters. The summed E-state index contributed by atoms with van der Waals surface area (Å²) in [6.45, 7) is 2.22. The highest BCUT2D eigenvalue weighted by molar-refractivity contribution is 5.86. The van der Waals surface area contributed by atoms with E-state index in [2.05, 4.69) is 42.5 Å². The smallest absolute Gasteiger partial charge is 0.0459 e. The first-order valence-corrected chi connectivity index (χ1v) is 6.64. The number of aryl methyl sites for hydroxylation is 2. The van der Waals surface area contributed by atoms with Gasteiger partial charge in [-0.05, 0) is 56.0 Å². The van der Waals surface area contributed by atoms with Crippen LogP contribution in [0.4, 0.5) is 0 Å². The first kappa shape index (κ1) is 10.8. The maximum absolute atomic E-state index is 3.59. The van der Waals surface area contributed by atoms with E-state index in [1.807, 2.05) is 0 Å². The first-order chi connectivity index (χ1) is 8.33. The van der Waals surface area contributed by atoms with Gasteiger partial charge >= 0.3 is 0 Å². The third-order valence-electron chi connectivity index (χ3n) is 4.01. The van der Waals surface area contributed by atoms with Gasteiger partial charge < -0.3 is 10.3 Å². The van der Waals surface area contributed by atoms with Crippen molar-refractivity contribution in [2.24, 2.45) is 0 Å². The number of rotatable bonds is 2. The zero-order valence-electron chi connectivity index (χ0n) is 10.6. The lowest BCUT2D eigenvalue weighted by atomic mass is 9.90. The number of fused-ring (bicyclic) bond motifs is 3. The Morgan fingerprint density at radius 1 is 1.41 bits per heavy atom. The first-order valence-electron chi connectivity index (χ1n) is 6.64. The molecule has 3 rings (SSSR count).